The first-order valence-corrected chi connectivity index (χ1v) is 7.90. The second-order valence-electron chi connectivity index (χ2n) is 5.51. The van der Waals surface area contributed by atoms with E-state index in [-0.39, 0.29) is 18.4 Å². The lowest BCUT2D eigenvalue weighted by atomic mass is 10.1. The van der Waals surface area contributed by atoms with E-state index in [1.165, 1.54) is 25.7 Å². The third-order valence-electron chi connectivity index (χ3n) is 3.84. The van der Waals surface area contributed by atoms with Gasteiger partial charge in [0.25, 0.3) is 0 Å². The summed E-state index contributed by atoms with van der Waals surface area (Å²) in [7, 11) is 0. The molecule has 0 aromatic heterocycles. The molecule has 4 heteroatoms. The molecule has 1 atom stereocenters. The van der Waals surface area contributed by atoms with Crippen molar-refractivity contribution in [2.75, 3.05) is 32.8 Å². The minimum Gasteiger partial charge on any atom is -0.396 e. The van der Waals surface area contributed by atoms with E-state index < -0.39 is 0 Å². The number of amides is 1. The third-order valence-corrected chi connectivity index (χ3v) is 3.84. The van der Waals surface area contributed by atoms with Gasteiger partial charge in [-0.2, -0.15) is 0 Å². The maximum Gasteiger partial charge on any atom is 0.227 e. The molecule has 2 N–H and O–H groups in total. The lowest BCUT2D eigenvalue weighted by molar-refractivity contribution is -0.135. The zero-order valence-electron chi connectivity index (χ0n) is 12.4. The van der Waals surface area contributed by atoms with Crippen molar-refractivity contribution >= 4 is 5.91 Å². The Morgan fingerprint density at radius 3 is 2.58 bits per heavy atom. The van der Waals surface area contributed by atoms with E-state index >= 15 is 0 Å². The van der Waals surface area contributed by atoms with Gasteiger partial charge in [0.15, 0.2) is 0 Å². The molecular weight excluding hydrogens is 240 g/mol. The molecule has 1 unspecified atom stereocenters. The predicted molar refractivity (Wildman–Crippen MR) is 78.0 cm³/mol. The molecule has 0 saturated carbocycles. The molecule has 4 nitrogen and oxygen atoms in total. The van der Waals surface area contributed by atoms with Crippen LogP contribution in [0, 0.1) is 5.92 Å². The van der Waals surface area contributed by atoms with Gasteiger partial charge >= 0.3 is 0 Å². The molecule has 1 fully saturated rings. The molecule has 0 aliphatic carbocycles. The van der Waals surface area contributed by atoms with Crippen molar-refractivity contribution in [1.82, 2.24) is 10.2 Å². The normalized spacial score (nSPS) is 18.7. The van der Waals surface area contributed by atoms with E-state index in [0.29, 0.717) is 13.0 Å². The first-order valence-electron chi connectivity index (χ1n) is 7.90. The molecule has 0 spiro atoms. The molecule has 1 aliphatic heterocycles. The van der Waals surface area contributed by atoms with Crippen molar-refractivity contribution in [3.63, 3.8) is 0 Å². The third kappa shape index (κ3) is 6.39. The summed E-state index contributed by atoms with van der Waals surface area (Å²) < 4.78 is 0. The Morgan fingerprint density at radius 1 is 1.21 bits per heavy atom. The Kier molecular flexibility index (Phi) is 8.84. The van der Waals surface area contributed by atoms with Gasteiger partial charge in [0.2, 0.25) is 5.91 Å². The SMILES string of the molecule is CCCCCCCN(CCCO)C(=O)C1CCNC1. The summed E-state index contributed by atoms with van der Waals surface area (Å²) in [6.07, 6.45) is 7.77. The minimum atomic E-state index is 0.161. The molecule has 0 aromatic carbocycles. The molecule has 1 aliphatic rings. The Bertz CT molecular complexity index is 240. The van der Waals surface area contributed by atoms with Crippen LogP contribution in [-0.2, 0) is 4.79 Å². The maximum absolute atomic E-state index is 12.4. The van der Waals surface area contributed by atoms with Crippen LogP contribution in [0.5, 0.6) is 0 Å². The quantitative estimate of drug-likeness (QED) is 0.595. The van der Waals surface area contributed by atoms with Crippen LogP contribution in [0.3, 0.4) is 0 Å². The fourth-order valence-corrected chi connectivity index (χ4v) is 2.62. The van der Waals surface area contributed by atoms with Crippen molar-refractivity contribution in [1.29, 1.82) is 0 Å². The highest BCUT2D eigenvalue weighted by molar-refractivity contribution is 5.79. The van der Waals surface area contributed by atoms with Crippen molar-refractivity contribution in [3.05, 3.63) is 0 Å². The van der Waals surface area contributed by atoms with Crippen molar-refractivity contribution in [2.24, 2.45) is 5.92 Å². The molecular formula is C15H30N2O2. The Morgan fingerprint density at radius 2 is 1.95 bits per heavy atom. The smallest absolute Gasteiger partial charge is 0.227 e. The number of nitrogens with one attached hydrogen (secondary N) is 1. The minimum absolute atomic E-state index is 0.161. The summed E-state index contributed by atoms with van der Waals surface area (Å²) >= 11 is 0. The number of unbranched alkanes of at least 4 members (excludes halogenated alkanes) is 4. The number of hydrogen-bond donors (Lipinski definition) is 2. The second kappa shape index (κ2) is 10.2. The lowest BCUT2D eigenvalue weighted by Gasteiger charge is -2.25. The monoisotopic (exact) mass is 270 g/mol. The largest absolute Gasteiger partial charge is 0.396 e. The van der Waals surface area contributed by atoms with Gasteiger partial charge in [-0.3, -0.25) is 4.79 Å². The van der Waals surface area contributed by atoms with Gasteiger partial charge in [0.1, 0.15) is 0 Å². The number of carbonyl (C=O) groups excluding carboxylic acids is 1. The van der Waals surface area contributed by atoms with Crippen LogP contribution < -0.4 is 5.32 Å². The molecule has 19 heavy (non-hydrogen) atoms. The van der Waals surface area contributed by atoms with Crippen LogP contribution in [0.15, 0.2) is 0 Å². The van der Waals surface area contributed by atoms with Crippen molar-refractivity contribution in [3.8, 4) is 0 Å². The van der Waals surface area contributed by atoms with Gasteiger partial charge in [-0.15, -0.1) is 0 Å². The van der Waals surface area contributed by atoms with Crippen LogP contribution in [0.2, 0.25) is 0 Å². The zero-order valence-corrected chi connectivity index (χ0v) is 12.4. The average molecular weight is 270 g/mol. The summed E-state index contributed by atoms with van der Waals surface area (Å²) in [6.45, 7) is 5.73. The highest BCUT2D eigenvalue weighted by Crippen LogP contribution is 2.13. The number of aliphatic hydroxyl groups excluding tert-OH is 1. The number of hydrogen-bond acceptors (Lipinski definition) is 3. The van der Waals surface area contributed by atoms with Gasteiger partial charge in [0.05, 0.1) is 5.92 Å². The summed E-state index contributed by atoms with van der Waals surface area (Å²) in [5.41, 5.74) is 0. The highest BCUT2D eigenvalue weighted by atomic mass is 16.3. The molecule has 0 aromatic rings. The van der Waals surface area contributed by atoms with Crippen LogP contribution in [0.1, 0.15) is 51.9 Å². The Hall–Kier alpha value is -0.610. The van der Waals surface area contributed by atoms with Crippen molar-refractivity contribution < 1.29 is 9.90 Å². The molecule has 0 radical (unpaired) electrons. The molecule has 1 rings (SSSR count). The predicted octanol–water partition coefficient (Wildman–Crippen LogP) is 1.78. The first-order chi connectivity index (χ1) is 9.29. The van der Waals surface area contributed by atoms with E-state index in [2.05, 4.69) is 12.2 Å². The number of aliphatic hydroxyl groups is 1. The number of nitrogens with zero attached hydrogens (tertiary/aromatic N) is 1. The van der Waals surface area contributed by atoms with Crippen LogP contribution in [-0.4, -0.2) is 48.7 Å². The van der Waals surface area contributed by atoms with Crippen LogP contribution in [0.4, 0.5) is 0 Å². The Balaban J connectivity index is 2.30. The number of carbonyl (C=O) groups is 1. The topological polar surface area (TPSA) is 52.6 Å². The van der Waals surface area contributed by atoms with Gasteiger partial charge in [0, 0.05) is 26.2 Å². The summed E-state index contributed by atoms with van der Waals surface area (Å²) in [4.78, 5) is 14.3. The summed E-state index contributed by atoms with van der Waals surface area (Å²) in [5, 5.41) is 12.2. The maximum atomic E-state index is 12.4. The standard InChI is InChI=1S/C15H30N2O2/c1-2-3-4-5-6-10-17(11-7-12-18)15(19)14-8-9-16-13-14/h14,16,18H,2-13H2,1H3. The molecule has 0 bridgehead atoms. The molecule has 1 amide bonds. The van der Waals surface area contributed by atoms with E-state index in [9.17, 15) is 4.79 Å². The van der Waals surface area contributed by atoms with E-state index in [1.54, 1.807) is 0 Å². The summed E-state index contributed by atoms with van der Waals surface area (Å²) in [5.74, 6) is 0.447. The summed E-state index contributed by atoms with van der Waals surface area (Å²) in [6, 6.07) is 0. The van der Waals surface area contributed by atoms with Gasteiger partial charge < -0.3 is 15.3 Å². The Labute approximate surface area is 117 Å². The molecule has 1 heterocycles. The van der Waals surface area contributed by atoms with Crippen LogP contribution >= 0.6 is 0 Å². The van der Waals surface area contributed by atoms with Gasteiger partial charge in [-0.05, 0) is 25.8 Å². The van der Waals surface area contributed by atoms with Gasteiger partial charge in [-0.1, -0.05) is 32.6 Å². The van der Waals surface area contributed by atoms with E-state index in [0.717, 1.165) is 32.5 Å². The second-order valence-corrected chi connectivity index (χ2v) is 5.51. The van der Waals surface area contributed by atoms with E-state index in [4.69, 9.17) is 5.11 Å². The first kappa shape index (κ1) is 16.4. The molecule has 1 saturated heterocycles. The number of rotatable bonds is 10. The van der Waals surface area contributed by atoms with Crippen LogP contribution in [0.25, 0.3) is 0 Å². The average Bonchev–Trinajstić information content (AvgIpc) is 2.95. The van der Waals surface area contributed by atoms with E-state index in [1.807, 2.05) is 4.90 Å². The fraction of sp³-hybridized carbons (Fsp3) is 0.933. The van der Waals surface area contributed by atoms with Gasteiger partial charge in [-0.25, -0.2) is 0 Å². The highest BCUT2D eigenvalue weighted by Gasteiger charge is 2.26. The lowest BCUT2D eigenvalue weighted by Crippen LogP contribution is -2.38. The zero-order chi connectivity index (χ0) is 13.9. The fourth-order valence-electron chi connectivity index (χ4n) is 2.62. The molecule has 112 valence electrons. The van der Waals surface area contributed by atoms with Crippen molar-refractivity contribution in [2.45, 2.75) is 51.9 Å².